The van der Waals surface area contributed by atoms with E-state index in [1.54, 1.807) is 0 Å². The molecule has 0 amide bonds. The maximum Gasteiger partial charge on any atom is 3.00 e. The molecule has 0 aliphatic carbocycles. The second-order valence-corrected chi connectivity index (χ2v) is 2.57. The third kappa shape index (κ3) is 31.4. The van der Waals surface area contributed by atoms with E-state index in [0.717, 1.165) is 0 Å². The Bertz CT molecular complexity index is 219. The van der Waals surface area contributed by atoms with Gasteiger partial charge >= 0.3 is 40.9 Å². The van der Waals surface area contributed by atoms with Crippen LogP contribution in [0, 0.1) is 0 Å². The van der Waals surface area contributed by atoms with Crippen LogP contribution < -0.4 is 0 Å². The molecule has 0 rings (SSSR count). The molecule has 0 unspecified atom stereocenters. The number of carboxylic acids is 4. The van der Waals surface area contributed by atoms with Gasteiger partial charge in [0.2, 0.25) is 0 Å². The molecule has 0 aliphatic rings. The van der Waals surface area contributed by atoms with Gasteiger partial charge in [-0.05, 0) is 0 Å². The van der Waals surface area contributed by atoms with E-state index in [1.165, 1.54) is 0 Å². The summed E-state index contributed by atoms with van der Waals surface area (Å²) >= 11 is 0. The minimum Gasteiger partial charge on any atom is -0.481 e. The van der Waals surface area contributed by atoms with Gasteiger partial charge in [-0.1, -0.05) is 0 Å². The number of hydrogen-bond donors (Lipinski definition) is 4. The third-order valence-corrected chi connectivity index (χ3v) is 1.11. The number of aliphatic carboxylic acids is 4. The molecule has 4 N–H and O–H groups in total. The minimum absolute atomic E-state index is 0. The molecular formula is C8H12FeO8+3. The van der Waals surface area contributed by atoms with Crippen molar-refractivity contribution in [1.29, 1.82) is 0 Å². The van der Waals surface area contributed by atoms with Gasteiger partial charge in [0.1, 0.15) is 0 Å². The molecule has 0 aliphatic heterocycles. The predicted octanol–water partition coefficient (Wildman–Crippen LogP) is -0.131. The zero-order chi connectivity index (χ0) is 13.1. The average molecular weight is 292 g/mol. The van der Waals surface area contributed by atoms with Gasteiger partial charge < -0.3 is 20.4 Å². The molecular weight excluding hydrogens is 280 g/mol. The van der Waals surface area contributed by atoms with Gasteiger partial charge in [0.25, 0.3) is 0 Å². The van der Waals surface area contributed by atoms with Crippen molar-refractivity contribution in [3.8, 4) is 0 Å². The van der Waals surface area contributed by atoms with Gasteiger partial charge in [-0.3, -0.25) is 19.2 Å². The summed E-state index contributed by atoms with van der Waals surface area (Å²) in [5, 5.41) is 31.6. The Morgan fingerprint density at radius 3 is 0.706 bits per heavy atom. The van der Waals surface area contributed by atoms with Crippen molar-refractivity contribution in [3.05, 3.63) is 0 Å². The normalized spacial score (nSPS) is 8.00. The molecule has 8 nitrogen and oxygen atoms in total. The number of carboxylic acid groups (broad SMARTS) is 4. The van der Waals surface area contributed by atoms with Gasteiger partial charge in [-0.2, -0.15) is 0 Å². The summed E-state index contributed by atoms with van der Waals surface area (Å²) in [4.78, 5) is 38.6. The Labute approximate surface area is 107 Å². The third-order valence-electron chi connectivity index (χ3n) is 1.11. The molecule has 0 saturated heterocycles. The SMILES string of the molecule is O=C(O)CCC(=O)O.O=C(O)CCC(=O)O.[Fe+3]. The molecule has 17 heavy (non-hydrogen) atoms. The Morgan fingerprint density at radius 1 is 0.529 bits per heavy atom. The Hall–Kier alpha value is -1.60. The Kier molecular flexibility index (Phi) is 15.2. The summed E-state index contributed by atoms with van der Waals surface area (Å²) < 4.78 is 0. The second kappa shape index (κ2) is 12.5. The van der Waals surface area contributed by atoms with E-state index in [0.29, 0.717) is 0 Å². The summed E-state index contributed by atoms with van der Waals surface area (Å²) in [5.41, 5.74) is 0. The topological polar surface area (TPSA) is 149 Å². The van der Waals surface area contributed by atoms with E-state index in [2.05, 4.69) is 0 Å². The quantitative estimate of drug-likeness (QED) is 0.494. The smallest absolute Gasteiger partial charge is 0.481 e. The monoisotopic (exact) mass is 292 g/mol. The van der Waals surface area contributed by atoms with Crippen LogP contribution in [0.1, 0.15) is 25.7 Å². The second-order valence-electron chi connectivity index (χ2n) is 2.57. The summed E-state index contributed by atoms with van der Waals surface area (Å²) in [6.45, 7) is 0. The minimum atomic E-state index is -1.08. The molecule has 0 aromatic rings. The van der Waals surface area contributed by atoms with Gasteiger partial charge in [0.05, 0.1) is 25.7 Å². The van der Waals surface area contributed by atoms with Crippen LogP contribution in [0.5, 0.6) is 0 Å². The first kappa shape index (κ1) is 20.8. The fourth-order valence-electron chi connectivity index (χ4n) is 0.428. The standard InChI is InChI=1S/2C4H6O4.Fe/c2*5-3(6)1-2-4(7)8;/h2*1-2H2,(H,5,6)(H,7,8);/q;;+3. The molecule has 0 aromatic carbocycles. The molecule has 1 radical (unpaired) electrons. The van der Waals surface area contributed by atoms with Crippen molar-refractivity contribution in [2.24, 2.45) is 0 Å². The van der Waals surface area contributed by atoms with Crippen molar-refractivity contribution in [3.63, 3.8) is 0 Å². The maximum atomic E-state index is 9.64. The molecule has 0 saturated carbocycles. The first-order chi connectivity index (χ1) is 7.25. The zero-order valence-electron chi connectivity index (χ0n) is 8.60. The molecule has 0 bridgehead atoms. The van der Waals surface area contributed by atoms with Gasteiger partial charge in [-0.15, -0.1) is 0 Å². The number of carbonyl (C=O) groups is 4. The fraction of sp³-hybridized carbons (Fsp3) is 0.500. The summed E-state index contributed by atoms with van der Waals surface area (Å²) in [7, 11) is 0. The van der Waals surface area contributed by atoms with Crippen LogP contribution in [0.15, 0.2) is 0 Å². The fourth-order valence-corrected chi connectivity index (χ4v) is 0.428. The van der Waals surface area contributed by atoms with E-state index >= 15 is 0 Å². The van der Waals surface area contributed by atoms with Gasteiger partial charge in [0, 0.05) is 0 Å². The van der Waals surface area contributed by atoms with E-state index in [9.17, 15) is 19.2 Å². The van der Waals surface area contributed by atoms with Gasteiger partial charge in [0.15, 0.2) is 0 Å². The molecule has 0 fully saturated rings. The van der Waals surface area contributed by atoms with E-state index in [-0.39, 0.29) is 42.8 Å². The molecule has 0 spiro atoms. The molecule has 0 atom stereocenters. The van der Waals surface area contributed by atoms with E-state index in [1.807, 2.05) is 0 Å². The van der Waals surface area contributed by atoms with E-state index < -0.39 is 23.9 Å². The maximum absolute atomic E-state index is 9.64. The van der Waals surface area contributed by atoms with Crippen molar-refractivity contribution >= 4 is 23.9 Å². The van der Waals surface area contributed by atoms with Crippen molar-refractivity contribution in [2.75, 3.05) is 0 Å². The van der Waals surface area contributed by atoms with Crippen molar-refractivity contribution in [1.82, 2.24) is 0 Å². The molecule has 97 valence electrons. The van der Waals surface area contributed by atoms with Crippen LogP contribution in [0.2, 0.25) is 0 Å². The summed E-state index contributed by atoms with van der Waals surface area (Å²) in [5.74, 6) is -4.31. The van der Waals surface area contributed by atoms with Crippen LogP contribution in [-0.4, -0.2) is 44.3 Å². The first-order valence-corrected chi connectivity index (χ1v) is 4.13. The zero-order valence-corrected chi connectivity index (χ0v) is 9.71. The van der Waals surface area contributed by atoms with Crippen LogP contribution in [0.3, 0.4) is 0 Å². The van der Waals surface area contributed by atoms with Crippen LogP contribution in [0.4, 0.5) is 0 Å². The Morgan fingerprint density at radius 2 is 0.647 bits per heavy atom. The van der Waals surface area contributed by atoms with Crippen molar-refractivity contribution in [2.45, 2.75) is 25.7 Å². The van der Waals surface area contributed by atoms with Crippen LogP contribution in [-0.2, 0) is 36.2 Å². The largest absolute Gasteiger partial charge is 3.00 e. The number of hydrogen-bond acceptors (Lipinski definition) is 4. The van der Waals surface area contributed by atoms with E-state index in [4.69, 9.17) is 20.4 Å². The predicted molar refractivity (Wildman–Crippen MR) is 49.0 cm³/mol. The summed E-state index contributed by atoms with van der Waals surface area (Å²) in [6.07, 6.45) is -1.19. The Balaban J connectivity index is -0.000000218. The molecule has 0 aromatic heterocycles. The summed E-state index contributed by atoms with van der Waals surface area (Å²) in [6, 6.07) is 0. The number of rotatable bonds is 6. The molecule has 9 heteroatoms. The van der Waals surface area contributed by atoms with Crippen molar-refractivity contribution < 1.29 is 56.7 Å². The average Bonchev–Trinajstić information content (AvgIpc) is 2.12. The van der Waals surface area contributed by atoms with Crippen LogP contribution >= 0.6 is 0 Å². The molecule has 0 heterocycles. The first-order valence-electron chi connectivity index (χ1n) is 4.13. The van der Waals surface area contributed by atoms with Gasteiger partial charge in [-0.25, -0.2) is 0 Å². The van der Waals surface area contributed by atoms with Crippen LogP contribution in [0.25, 0.3) is 0 Å².